The normalized spacial score (nSPS) is 18.9. The number of hydrogen-bond donors (Lipinski definition) is 0. The lowest BCUT2D eigenvalue weighted by atomic mass is 10.2. The van der Waals surface area contributed by atoms with Gasteiger partial charge in [0.1, 0.15) is 11.9 Å². The molecule has 2 heterocycles. The zero-order chi connectivity index (χ0) is 16.3. The third-order valence-electron chi connectivity index (χ3n) is 3.66. The number of ether oxygens (including phenoxy) is 1. The summed E-state index contributed by atoms with van der Waals surface area (Å²) in [6.07, 6.45) is 2.02. The molecule has 5 nitrogen and oxygen atoms in total. The predicted molar refractivity (Wildman–Crippen MR) is 83.9 cm³/mol. The molecule has 1 aromatic heterocycles. The molecule has 1 aromatic carbocycles. The van der Waals surface area contributed by atoms with Crippen LogP contribution < -0.4 is 4.74 Å². The summed E-state index contributed by atoms with van der Waals surface area (Å²) in [5.41, 5.74) is 0.444. The second kappa shape index (κ2) is 6.64. The molecule has 0 spiro atoms. The molecule has 0 bridgehead atoms. The Bertz CT molecular complexity index is 768. The molecule has 23 heavy (non-hydrogen) atoms. The van der Waals surface area contributed by atoms with Crippen LogP contribution in [0.25, 0.3) is 0 Å². The Balaban J connectivity index is 1.63. The van der Waals surface area contributed by atoms with Crippen molar-refractivity contribution in [1.82, 2.24) is 9.29 Å². The quantitative estimate of drug-likeness (QED) is 0.840. The van der Waals surface area contributed by atoms with E-state index >= 15 is 0 Å². The third kappa shape index (κ3) is 4.05. The van der Waals surface area contributed by atoms with Gasteiger partial charge in [0.25, 0.3) is 0 Å². The third-order valence-corrected chi connectivity index (χ3v) is 5.48. The topological polar surface area (TPSA) is 59.5 Å². The zero-order valence-corrected chi connectivity index (χ0v) is 13.2. The van der Waals surface area contributed by atoms with Crippen LogP contribution in [-0.2, 0) is 15.8 Å². The second-order valence-corrected chi connectivity index (χ2v) is 7.41. The van der Waals surface area contributed by atoms with Crippen LogP contribution in [0.5, 0.6) is 5.88 Å². The van der Waals surface area contributed by atoms with Gasteiger partial charge >= 0.3 is 0 Å². The Morgan fingerprint density at radius 3 is 2.87 bits per heavy atom. The smallest absolute Gasteiger partial charge is 0.218 e. The first kappa shape index (κ1) is 15.9. The van der Waals surface area contributed by atoms with E-state index in [0.717, 1.165) is 0 Å². The van der Waals surface area contributed by atoms with Crippen molar-refractivity contribution in [2.45, 2.75) is 18.3 Å². The van der Waals surface area contributed by atoms with Crippen LogP contribution in [0.15, 0.2) is 48.7 Å². The molecule has 1 aliphatic rings. The van der Waals surface area contributed by atoms with E-state index in [2.05, 4.69) is 4.98 Å². The highest BCUT2D eigenvalue weighted by Crippen LogP contribution is 2.21. The summed E-state index contributed by atoms with van der Waals surface area (Å²) in [5.74, 6) is -0.154. The van der Waals surface area contributed by atoms with Gasteiger partial charge in [0.2, 0.25) is 15.9 Å². The Morgan fingerprint density at radius 1 is 1.26 bits per heavy atom. The van der Waals surface area contributed by atoms with Crippen LogP contribution in [0.1, 0.15) is 12.0 Å². The van der Waals surface area contributed by atoms with E-state index in [9.17, 15) is 12.8 Å². The Kier molecular flexibility index (Phi) is 4.58. The maximum absolute atomic E-state index is 13.2. The van der Waals surface area contributed by atoms with Crippen molar-refractivity contribution in [3.05, 3.63) is 60.0 Å². The summed E-state index contributed by atoms with van der Waals surface area (Å²) >= 11 is 0. The minimum absolute atomic E-state index is 0.207. The zero-order valence-electron chi connectivity index (χ0n) is 12.4. The van der Waals surface area contributed by atoms with Gasteiger partial charge in [0.15, 0.2) is 0 Å². The van der Waals surface area contributed by atoms with Gasteiger partial charge in [-0.2, -0.15) is 4.31 Å². The fourth-order valence-electron chi connectivity index (χ4n) is 2.56. The van der Waals surface area contributed by atoms with E-state index in [-0.39, 0.29) is 18.4 Å². The summed E-state index contributed by atoms with van der Waals surface area (Å²) < 4.78 is 45.2. The maximum atomic E-state index is 13.2. The fourth-order valence-corrected chi connectivity index (χ4v) is 4.12. The largest absolute Gasteiger partial charge is 0.473 e. The van der Waals surface area contributed by atoms with Crippen LogP contribution in [0.3, 0.4) is 0 Å². The number of benzene rings is 1. The van der Waals surface area contributed by atoms with Gasteiger partial charge in [-0.25, -0.2) is 17.8 Å². The summed E-state index contributed by atoms with van der Waals surface area (Å²) in [5, 5.41) is 0. The van der Waals surface area contributed by atoms with Gasteiger partial charge in [-0.05, 0) is 30.2 Å². The van der Waals surface area contributed by atoms with E-state index in [4.69, 9.17) is 4.74 Å². The van der Waals surface area contributed by atoms with Crippen molar-refractivity contribution in [2.24, 2.45) is 0 Å². The molecule has 0 radical (unpaired) electrons. The molecule has 1 unspecified atom stereocenters. The fraction of sp³-hybridized carbons (Fsp3) is 0.312. The lowest BCUT2D eigenvalue weighted by Gasteiger charge is -2.17. The Hall–Kier alpha value is -1.99. The summed E-state index contributed by atoms with van der Waals surface area (Å²) in [6, 6.07) is 11.0. The van der Waals surface area contributed by atoms with E-state index < -0.39 is 15.8 Å². The molecule has 1 fully saturated rings. The van der Waals surface area contributed by atoms with Crippen LogP contribution in [0.2, 0.25) is 0 Å². The molecule has 1 saturated heterocycles. The van der Waals surface area contributed by atoms with Crippen molar-refractivity contribution < 1.29 is 17.5 Å². The number of hydrogen-bond acceptors (Lipinski definition) is 4. The lowest BCUT2D eigenvalue weighted by molar-refractivity contribution is 0.207. The molecule has 0 amide bonds. The molecular formula is C16H17FN2O3S. The molecule has 0 aliphatic carbocycles. The molecule has 0 N–H and O–H groups in total. The number of nitrogens with zero attached hydrogens (tertiary/aromatic N) is 2. The predicted octanol–water partition coefficient (Wildman–Crippen LogP) is 2.20. The van der Waals surface area contributed by atoms with Gasteiger partial charge in [0, 0.05) is 18.8 Å². The number of rotatable bonds is 5. The van der Waals surface area contributed by atoms with Crippen LogP contribution in [-0.4, -0.2) is 36.9 Å². The lowest BCUT2D eigenvalue weighted by Crippen LogP contribution is -2.32. The molecule has 0 saturated carbocycles. The molecule has 7 heteroatoms. The van der Waals surface area contributed by atoms with E-state index in [0.29, 0.717) is 24.4 Å². The average Bonchev–Trinajstić information content (AvgIpc) is 2.97. The van der Waals surface area contributed by atoms with Gasteiger partial charge in [-0.15, -0.1) is 0 Å². The number of halogens is 1. The molecule has 1 aliphatic heterocycles. The summed E-state index contributed by atoms with van der Waals surface area (Å²) in [7, 11) is -3.49. The van der Waals surface area contributed by atoms with Gasteiger partial charge in [-0.3, -0.25) is 0 Å². The first-order chi connectivity index (χ1) is 11.0. The van der Waals surface area contributed by atoms with Gasteiger partial charge < -0.3 is 4.74 Å². The summed E-state index contributed by atoms with van der Waals surface area (Å²) in [6.45, 7) is 0.684. The van der Waals surface area contributed by atoms with E-state index in [1.54, 1.807) is 24.4 Å². The van der Waals surface area contributed by atoms with Crippen molar-refractivity contribution in [2.75, 3.05) is 13.1 Å². The molecule has 1 atom stereocenters. The first-order valence-corrected chi connectivity index (χ1v) is 8.94. The monoisotopic (exact) mass is 336 g/mol. The number of aromatic nitrogens is 1. The first-order valence-electron chi connectivity index (χ1n) is 7.33. The van der Waals surface area contributed by atoms with E-state index in [1.807, 2.05) is 6.07 Å². The van der Waals surface area contributed by atoms with Crippen molar-refractivity contribution in [3.8, 4) is 5.88 Å². The Labute approximate surface area is 134 Å². The van der Waals surface area contributed by atoms with Crippen LogP contribution in [0.4, 0.5) is 4.39 Å². The standard InChI is InChI=1S/C16H17FN2O3S/c17-14-5-3-4-13(10-14)12-23(20,21)19-9-7-15(11-19)22-16-6-1-2-8-18-16/h1-6,8,10,15H,7,9,11-12H2. The molecule has 2 aromatic rings. The minimum Gasteiger partial charge on any atom is -0.473 e. The average molecular weight is 336 g/mol. The van der Waals surface area contributed by atoms with Crippen molar-refractivity contribution >= 4 is 10.0 Å². The highest BCUT2D eigenvalue weighted by atomic mass is 32.2. The SMILES string of the molecule is O=S(=O)(Cc1cccc(F)c1)N1CCC(Oc2ccccn2)C1. The van der Waals surface area contributed by atoms with Crippen molar-refractivity contribution in [1.29, 1.82) is 0 Å². The molecular weight excluding hydrogens is 319 g/mol. The highest BCUT2D eigenvalue weighted by Gasteiger charge is 2.32. The molecule has 3 rings (SSSR count). The Morgan fingerprint density at radius 2 is 2.13 bits per heavy atom. The highest BCUT2D eigenvalue weighted by molar-refractivity contribution is 7.88. The van der Waals surface area contributed by atoms with Crippen LogP contribution in [0, 0.1) is 5.82 Å². The molecule has 122 valence electrons. The number of sulfonamides is 1. The number of pyridine rings is 1. The minimum atomic E-state index is -3.49. The van der Waals surface area contributed by atoms with Crippen molar-refractivity contribution in [3.63, 3.8) is 0 Å². The van der Waals surface area contributed by atoms with Gasteiger partial charge in [0.05, 0.1) is 12.3 Å². The second-order valence-electron chi connectivity index (χ2n) is 5.44. The summed E-state index contributed by atoms with van der Waals surface area (Å²) in [4.78, 5) is 4.08. The van der Waals surface area contributed by atoms with Gasteiger partial charge in [-0.1, -0.05) is 18.2 Å². The maximum Gasteiger partial charge on any atom is 0.218 e. The van der Waals surface area contributed by atoms with E-state index in [1.165, 1.54) is 22.5 Å². The van der Waals surface area contributed by atoms with Crippen LogP contribution >= 0.6 is 0 Å².